The third kappa shape index (κ3) is 2.86. The lowest BCUT2D eigenvalue weighted by molar-refractivity contribution is 0.465. The molecule has 0 aliphatic carbocycles. The van der Waals surface area contributed by atoms with E-state index >= 15 is 0 Å². The van der Waals surface area contributed by atoms with Gasteiger partial charge in [-0.15, -0.1) is 10.2 Å². The largest absolute Gasteiger partial charge is 0.411 e. The monoisotopic (exact) mass is 245 g/mol. The molecule has 4 nitrogen and oxygen atoms in total. The van der Waals surface area contributed by atoms with Crippen LogP contribution in [0.15, 0.2) is 33.9 Å². The highest BCUT2D eigenvalue weighted by atomic mass is 32.2. The Bertz CT molecular complexity index is 542. The van der Waals surface area contributed by atoms with Crippen molar-refractivity contribution >= 4 is 11.8 Å². The van der Waals surface area contributed by atoms with Crippen LogP contribution in [-0.2, 0) is 0 Å². The van der Waals surface area contributed by atoms with E-state index < -0.39 is 0 Å². The zero-order chi connectivity index (χ0) is 12.3. The molecule has 0 spiro atoms. The number of aryl methyl sites for hydroxylation is 1. The second-order valence-corrected chi connectivity index (χ2v) is 4.92. The molecular formula is C12H11N3OS. The molecule has 1 aromatic carbocycles. The van der Waals surface area contributed by atoms with Gasteiger partial charge in [-0.05, 0) is 37.7 Å². The molecule has 5 heteroatoms. The smallest absolute Gasteiger partial charge is 0.278 e. The number of hydrogen-bond acceptors (Lipinski definition) is 5. The van der Waals surface area contributed by atoms with E-state index in [9.17, 15) is 0 Å². The molecule has 0 saturated carbocycles. The fraction of sp³-hybridized carbons (Fsp3) is 0.250. The first-order chi connectivity index (χ1) is 8.19. The lowest BCUT2D eigenvalue weighted by atomic mass is 10.1. The van der Waals surface area contributed by atoms with E-state index in [1.165, 1.54) is 17.3 Å². The average molecular weight is 245 g/mol. The quantitative estimate of drug-likeness (QED) is 0.778. The maximum atomic E-state index is 8.69. The maximum Gasteiger partial charge on any atom is 0.278 e. The van der Waals surface area contributed by atoms with Gasteiger partial charge >= 0.3 is 0 Å². The maximum absolute atomic E-state index is 8.69. The van der Waals surface area contributed by atoms with Crippen LogP contribution in [0.5, 0.6) is 0 Å². The summed E-state index contributed by atoms with van der Waals surface area (Å²) in [6, 6.07) is 9.96. The van der Waals surface area contributed by atoms with Crippen LogP contribution in [0.25, 0.3) is 11.5 Å². The van der Waals surface area contributed by atoms with Gasteiger partial charge in [0.05, 0.1) is 11.3 Å². The van der Waals surface area contributed by atoms with Crippen LogP contribution < -0.4 is 0 Å². The molecule has 0 unspecified atom stereocenters. The molecule has 0 saturated heterocycles. The van der Waals surface area contributed by atoms with E-state index in [0.29, 0.717) is 11.1 Å². The molecule has 0 fully saturated rings. The molecule has 86 valence electrons. The topological polar surface area (TPSA) is 62.7 Å². The Morgan fingerprint density at radius 3 is 2.65 bits per heavy atom. The number of benzene rings is 1. The Kier molecular flexibility index (Phi) is 3.45. The molecule has 0 aliphatic rings. The van der Waals surface area contributed by atoms with Gasteiger partial charge in [-0.2, -0.15) is 5.26 Å². The number of nitriles is 1. The van der Waals surface area contributed by atoms with Gasteiger partial charge in [0.25, 0.3) is 5.22 Å². The Balaban J connectivity index is 2.18. The third-order valence-corrected chi connectivity index (χ3v) is 2.99. The van der Waals surface area contributed by atoms with Crippen LogP contribution in [-0.4, -0.2) is 15.4 Å². The van der Waals surface area contributed by atoms with Crippen molar-refractivity contribution in [3.8, 4) is 17.5 Å². The van der Waals surface area contributed by atoms with E-state index in [1.54, 1.807) is 6.92 Å². The Labute approximate surface area is 104 Å². The van der Waals surface area contributed by atoms with Crippen LogP contribution in [0.2, 0.25) is 0 Å². The third-order valence-electron chi connectivity index (χ3n) is 2.16. The van der Waals surface area contributed by atoms with Gasteiger partial charge < -0.3 is 4.42 Å². The van der Waals surface area contributed by atoms with E-state index in [1.807, 2.05) is 31.2 Å². The molecule has 1 atom stereocenters. The molecule has 0 N–H and O–H groups in total. The van der Waals surface area contributed by atoms with Crippen LogP contribution in [0.4, 0.5) is 0 Å². The number of nitrogens with zero attached hydrogens (tertiary/aromatic N) is 3. The van der Waals surface area contributed by atoms with Crippen LogP contribution in [0, 0.1) is 18.3 Å². The highest BCUT2D eigenvalue weighted by molar-refractivity contribution is 7.99. The number of thioether (sulfide) groups is 1. The molecule has 2 aromatic rings. The number of hydrogen-bond donors (Lipinski definition) is 0. The van der Waals surface area contributed by atoms with Crippen LogP contribution >= 0.6 is 11.8 Å². The van der Waals surface area contributed by atoms with E-state index in [2.05, 4.69) is 16.3 Å². The zero-order valence-corrected chi connectivity index (χ0v) is 10.4. The van der Waals surface area contributed by atoms with Gasteiger partial charge in [-0.25, -0.2) is 0 Å². The SMILES string of the molecule is Cc1ccc(-c2nnc(S[C@@H](C)C#N)o2)cc1. The summed E-state index contributed by atoms with van der Waals surface area (Å²) in [6.45, 7) is 3.81. The van der Waals surface area contributed by atoms with Crippen molar-refractivity contribution in [3.05, 3.63) is 29.8 Å². The zero-order valence-electron chi connectivity index (χ0n) is 9.54. The fourth-order valence-corrected chi connectivity index (χ4v) is 1.82. The van der Waals surface area contributed by atoms with Crippen molar-refractivity contribution in [1.29, 1.82) is 5.26 Å². The average Bonchev–Trinajstić information content (AvgIpc) is 2.78. The number of rotatable bonds is 3. The highest BCUT2D eigenvalue weighted by Gasteiger charge is 2.11. The minimum atomic E-state index is -0.193. The van der Waals surface area contributed by atoms with Gasteiger partial charge in [0.1, 0.15) is 0 Å². The molecule has 0 bridgehead atoms. The van der Waals surface area contributed by atoms with Crippen molar-refractivity contribution in [2.24, 2.45) is 0 Å². The van der Waals surface area contributed by atoms with E-state index in [0.717, 1.165) is 5.56 Å². The summed E-state index contributed by atoms with van der Waals surface area (Å²) in [7, 11) is 0. The van der Waals surface area contributed by atoms with Crippen LogP contribution in [0.1, 0.15) is 12.5 Å². The minimum absolute atomic E-state index is 0.193. The van der Waals surface area contributed by atoms with Crippen molar-refractivity contribution in [1.82, 2.24) is 10.2 Å². The summed E-state index contributed by atoms with van der Waals surface area (Å²) in [5.74, 6) is 0.484. The second-order valence-electron chi connectivity index (χ2n) is 3.63. The summed E-state index contributed by atoms with van der Waals surface area (Å²) in [4.78, 5) is 0. The predicted octanol–water partition coefficient (Wildman–Crippen LogP) is 3.05. The van der Waals surface area contributed by atoms with E-state index in [-0.39, 0.29) is 5.25 Å². The summed E-state index contributed by atoms with van der Waals surface area (Å²) >= 11 is 1.26. The van der Waals surface area contributed by atoms with Gasteiger partial charge in [-0.1, -0.05) is 17.7 Å². The first-order valence-corrected chi connectivity index (χ1v) is 6.04. The first-order valence-electron chi connectivity index (χ1n) is 5.16. The second kappa shape index (κ2) is 5.02. The van der Waals surface area contributed by atoms with Crippen molar-refractivity contribution in [2.75, 3.05) is 0 Å². The fourth-order valence-electron chi connectivity index (χ4n) is 1.25. The predicted molar refractivity (Wildman–Crippen MR) is 65.4 cm³/mol. The summed E-state index contributed by atoms with van der Waals surface area (Å²) < 4.78 is 5.47. The first kappa shape index (κ1) is 11.7. The Morgan fingerprint density at radius 2 is 2.00 bits per heavy atom. The molecule has 0 aliphatic heterocycles. The van der Waals surface area contributed by atoms with Gasteiger partial charge in [-0.3, -0.25) is 0 Å². The lowest BCUT2D eigenvalue weighted by Gasteiger charge is -1.96. The molecule has 1 aromatic heterocycles. The normalized spacial score (nSPS) is 12.1. The molecular weight excluding hydrogens is 234 g/mol. The number of aromatic nitrogens is 2. The van der Waals surface area contributed by atoms with Crippen LogP contribution in [0.3, 0.4) is 0 Å². The minimum Gasteiger partial charge on any atom is -0.411 e. The van der Waals surface area contributed by atoms with Crippen molar-refractivity contribution < 1.29 is 4.42 Å². The van der Waals surface area contributed by atoms with Crippen molar-refractivity contribution in [3.63, 3.8) is 0 Å². The molecule has 0 amide bonds. The highest BCUT2D eigenvalue weighted by Crippen LogP contribution is 2.25. The lowest BCUT2D eigenvalue weighted by Crippen LogP contribution is -1.88. The van der Waals surface area contributed by atoms with Gasteiger partial charge in [0.15, 0.2) is 0 Å². The van der Waals surface area contributed by atoms with Crippen molar-refractivity contribution in [2.45, 2.75) is 24.3 Å². The molecule has 1 heterocycles. The molecule has 2 rings (SSSR count). The summed E-state index contributed by atoms with van der Waals surface area (Å²) in [5, 5.41) is 16.8. The van der Waals surface area contributed by atoms with Gasteiger partial charge in [0.2, 0.25) is 5.89 Å². The Hall–Kier alpha value is -1.80. The summed E-state index contributed by atoms with van der Waals surface area (Å²) in [6.07, 6.45) is 0. The Morgan fingerprint density at radius 1 is 1.29 bits per heavy atom. The standard InChI is InChI=1S/C12H11N3OS/c1-8-3-5-10(6-4-8)11-14-15-12(16-11)17-9(2)7-13/h3-6,9H,1-2H3/t9-/m0/s1. The molecule has 17 heavy (non-hydrogen) atoms. The molecule has 0 radical (unpaired) electrons. The summed E-state index contributed by atoms with van der Waals surface area (Å²) in [5.41, 5.74) is 2.07. The van der Waals surface area contributed by atoms with Gasteiger partial charge in [0, 0.05) is 5.56 Å². The van der Waals surface area contributed by atoms with E-state index in [4.69, 9.17) is 9.68 Å².